The summed E-state index contributed by atoms with van der Waals surface area (Å²) in [6.45, 7) is -0.0801. The van der Waals surface area contributed by atoms with Gasteiger partial charge in [-0.2, -0.15) is 0 Å². The molecule has 0 spiro atoms. The largest absolute Gasteiger partial charge is 0.460 e. The van der Waals surface area contributed by atoms with E-state index in [1.165, 1.54) is 23.2 Å². The molecule has 46 heavy (non-hydrogen) atoms. The smallest absolute Gasteiger partial charge is 0.255 e. The number of ketones is 1. The molecule has 1 aliphatic heterocycles. The minimum atomic E-state index is -2.77. The number of halogens is 4. The lowest BCUT2D eigenvalue weighted by atomic mass is 9.98. The molecule has 6 rings (SSSR count). The van der Waals surface area contributed by atoms with E-state index in [0.717, 1.165) is 17.7 Å². The molecule has 2 aromatic carbocycles. The third-order valence-electron chi connectivity index (χ3n) is 7.87. The number of hydrogen-bond acceptors (Lipinski definition) is 6. The Labute approximate surface area is 261 Å². The molecule has 0 aliphatic carbocycles. The molecule has 0 radical (unpaired) electrons. The fourth-order valence-corrected chi connectivity index (χ4v) is 5.33. The lowest BCUT2D eigenvalue weighted by Crippen LogP contribution is -2.42. The Morgan fingerprint density at radius 3 is 2.43 bits per heavy atom. The van der Waals surface area contributed by atoms with Gasteiger partial charge in [0.1, 0.15) is 28.8 Å². The van der Waals surface area contributed by atoms with Gasteiger partial charge in [-0.05, 0) is 72.3 Å². The summed E-state index contributed by atoms with van der Waals surface area (Å²) >= 11 is 0. The van der Waals surface area contributed by atoms with E-state index in [4.69, 9.17) is 10.2 Å². The first kappa shape index (κ1) is 30.7. The van der Waals surface area contributed by atoms with Gasteiger partial charge in [-0.3, -0.25) is 14.6 Å². The predicted molar refractivity (Wildman–Crippen MR) is 166 cm³/mol. The lowest BCUT2D eigenvalue weighted by Gasteiger charge is -2.31. The number of aromatic nitrogens is 2. The van der Waals surface area contributed by atoms with Gasteiger partial charge < -0.3 is 15.1 Å². The first-order valence-corrected chi connectivity index (χ1v) is 14.6. The highest BCUT2D eigenvalue weighted by atomic mass is 19.3. The molecule has 1 saturated heterocycles. The Morgan fingerprint density at radius 1 is 0.935 bits per heavy atom. The number of nitrogens with two attached hydrogens (primary N) is 1. The van der Waals surface area contributed by atoms with Crippen LogP contribution in [0.2, 0.25) is 0 Å². The second-order valence-electron chi connectivity index (χ2n) is 11.2. The van der Waals surface area contributed by atoms with Crippen molar-refractivity contribution in [3.05, 3.63) is 108 Å². The number of nitrogens with zero attached hydrogens (tertiary/aromatic N) is 3. The Bertz CT molecular complexity index is 1940. The molecule has 3 aromatic heterocycles. The number of rotatable bonds is 8. The van der Waals surface area contributed by atoms with Crippen LogP contribution in [0, 0.1) is 11.6 Å². The van der Waals surface area contributed by atoms with E-state index in [0.29, 0.717) is 39.4 Å². The molecule has 7 nitrogen and oxygen atoms in total. The minimum Gasteiger partial charge on any atom is -0.460 e. The number of aryl methyl sites for hydroxylation is 1. The number of carbonyl (C=O) groups excluding carboxylic acids is 2. The molecule has 0 saturated carbocycles. The number of amides is 1. The number of nitrogen functional groups attached to an aromatic ring is 1. The maximum absolute atomic E-state index is 15.0. The third kappa shape index (κ3) is 6.83. The molecule has 1 amide bonds. The topological polar surface area (TPSA) is 102 Å². The van der Waals surface area contributed by atoms with Crippen LogP contribution >= 0.6 is 0 Å². The number of furan rings is 1. The van der Waals surface area contributed by atoms with Crippen molar-refractivity contribution < 1.29 is 31.6 Å². The van der Waals surface area contributed by atoms with Gasteiger partial charge in [0.05, 0.1) is 11.3 Å². The van der Waals surface area contributed by atoms with Crippen LogP contribution in [0.4, 0.5) is 23.4 Å². The number of benzene rings is 2. The molecular weight excluding hydrogens is 600 g/mol. The SMILES string of the molecule is Nc1ccc(/C=C/C(=O)CCc2cc3cc(-c4ccc(C(=O)N5CCC(F)(F)CC5)cn4)cc(-c4ccc(F)cc4F)c3o2)cn1. The van der Waals surface area contributed by atoms with Gasteiger partial charge >= 0.3 is 0 Å². The fourth-order valence-electron chi connectivity index (χ4n) is 5.33. The molecule has 1 aliphatic rings. The van der Waals surface area contributed by atoms with Crippen molar-refractivity contribution >= 4 is 34.6 Å². The van der Waals surface area contributed by atoms with Gasteiger partial charge in [-0.15, -0.1) is 0 Å². The predicted octanol–water partition coefficient (Wildman–Crippen LogP) is 7.50. The first-order chi connectivity index (χ1) is 22.0. The standard InChI is InChI=1S/C35H28F4N4O3/c36-25-4-8-28(30(37)18-25)29-17-23(31-9-3-22(20-41-31)34(45)43-13-11-35(38,39)12-14-43)15-24-16-27(46-33(24)29)7-6-26(44)5-1-21-2-10-32(40)42-19-21/h1-5,8-10,15-20H,6-7,11-14H2,(H2,40,42)/b5-1+. The van der Waals surface area contributed by atoms with Gasteiger partial charge in [0.2, 0.25) is 0 Å². The summed E-state index contributed by atoms with van der Waals surface area (Å²) in [7, 11) is 0. The number of carbonyl (C=O) groups is 2. The van der Waals surface area contributed by atoms with Crippen LogP contribution in [0.5, 0.6) is 0 Å². The minimum absolute atomic E-state index is 0.0401. The van der Waals surface area contributed by atoms with Crippen molar-refractivity contribution in [1.82, 2.24) is 14.9 Å². The van der Waals surface area contributed by atoms with Crippen LogP contribution < -0.4 is 5.73 Å². The van der Waals surface area contributed by atoms with Crippen LogP contribution in [-0.2, 0) is 11.2 Å². The second kappa shape index (κ2) is 12.6. The van der Waals surface area contributed by atoms with Gasteiger partial charge in [-0.1, -0.05) is 0 Å². The first-order valence-electron chi connectivity index (χ1n) is 14.6. The average molecular weight is 629 g/mol. The highest BCUT2D eigenvalue weighted by Crippen LogP contribution is 2.37. The Kier molecular flexibility index (Phi) is 8.40. The van der Waals surface area contributed by atoms with E-state index in [1.807, 2.05) is 0 Å². The van der Waals surface area contributed by atoms with Crippen molar-refractivity contribution in [2.75, 3.05) is 18.8 Å². The zero-order chi connectivity index (χ0) is 32.4. The van der Waals surface area contributed by atoms with Gasteiger partial charge in [0.25, 0.3) is 11.8 Å². The van der Waals surface area contributed by atoms with Crippen molar-refractivity contribution in [1.29, 1.82) is 0 Å². The quantitative estimate of drug-likeness (QED) is 0.141. The highest BCUT2D eigenvalue weighted by molar-refractivity contribution is 5.98. The lowest BCUT2D eigenvalue weighted by molar-refractivity contribution is -0.114. The fraction of sp³-hybridized carbons (Fsp3) is 0.200. The number of likely N-dealkylation sites (tertiary alicyclic amines) is 1. The van der Waals surface area contributed by atoms with E-state index in [-0.39, 0.29) is 61.6 Å². The van der Waals surface area contributed by atoms with Crippen molar-refractivity contribution in [3.63, 3.8) is 0 Å². The molecule has 1 fully saturated rings. The normalized spacial score (nSPS) is 14.7. The summed E-state index contributed by atoms with van der Waals surface area (Å²) < 4.78 is 62.0. The van der Waals surface area contributed by atoms with Crippen molar-refractivity contribution in [3.8, 4) is 22.4 Å². The summed E-state index contributed by atoms with van der Waals surface area (Å²) in [4.78, 5) is 35.3. The van der Waals surface area contributed by atoms with E-state index in [1.54, 1.807) is 54.7 Å². The van der Waals surface area contributed by atoms with Crippen LogP contribution in [-0.4, -0.2) is 45.6 Å². The zero-order valence-electron chi connectivity index (χ0n) is 24.5. The summed E-state index contributed by atoms with van der Waals surface area (Å²) in [6.07, 6.45) is 5.70. The molecule has 5 aromatic rings. The maximum atomic E-state index is 15.0. The van der Waals surface area contributed by atoms with E-state index >= 15 is 4.39 Å². The number of piperidine rings is 1. The molecule has 2 N–H and O–H groups in total. The van der Waals surface area contributed by atoms with E-state index < -0.39 is 17.6 Å². The number of anilines is 1. The number of allylic oxidation sites excluding steroid dienone is 1. The number of pyridine rings is 2. The van der Waals surface area contributed by atoms with Gasteiger partial charge in [0, 0.05) is 79.3 Å². The Hall–Kier alpha value is -5.32. The van der Waals surface area contributed by atoms with Crippen LogP contribution in [0.25, 0.3) is 39.4 Å². The summed E-state index contributed by atoms with van der Waals surface area (Å²) in [5.74, 6) is -3.93. The molecule has 0 unspecified atom stereocenters. The van der Waals surface area contributed by atoms with Crippen LogP contribution in [0.1, 0.15) is 40.9 Å². The molecule has 234 valence electrons. The Morgan fingerprint density at radius 2 is 1.74 bits per heavy atom. The molecule has 4 heterocycles. The molecule has 0 atom stereocenters. The second-order valence-corrected chi connectivity index (χ2v) is 11.2. The van der Waals surface area contributed by atoms with E-state index in [9.17, 15) is 22.8 Å². The molecule has 0 bridgehead atoms. The van der Waals surface area contributed by atoms with Gasteiger partial charge in [0.15, 0.2) is 5.78 Å². The van der Waals surface area contributed by atoms with Crippen LogP contribution in [0.15, 0.2) is 83.6 Å². The van der Waals surface area contributed by atoms with Crippen molar-refractivity contribution in [2.45, 2.75) is 31.6 Å². The summed E-state index contributed by atoms with van der Waals surface area (Å²) in [5, 5.41) is 0.610. The molecular formula is C35H28F4N4O3. The van der Waals surface area contributed by atoms with Gasteiger partial charge in [-0.25, -0.2) is 22.5 Å². The number of fused-ring (bicyclic) bond motifs is 1. The number of hydrogen-bond donors (Lipinski definition) is 1. The zero-order valence-corrected chi connectivity index (χ0v) is 24.5. The summed E-state index contributed by atoms with van der Waals surface area (Å²) in [5.41, 5.74) is 8.45. The summed E-state index contributed by atoms with van der Waals surface area (Å²) in [6, 6.07) is 15.1. The highest BCUT2D eigenvalue weighted by Gasteiger charge is 2.35. The third-order valence-corrected chi connectivity index (χ3v) is 7.87. The number of alkyl halides is 2. The molecule has 11 heteroatoms. The van der Waals surface area contributed by atoms with E-state index in [2.05, 4.69) is 9.97 Å². The Balaban J connectivity index is 1.27. The maximum Gasteiger partial charge on any atom is 0.255 e. The van der Waals surface area contributed by atoms with Crippen molar-refractivity contribution in [2.24, 2.45) is 0 Å². The monoisotopic (exact) mass is 628 g/mol. The van der Waals surface area contributed by atoms with Crippen LogP contribution in [0.3, 0.4) is 0 Å². The average Bonchev–Trinajstić information content (AvgIpc) is 3.46.